The van der Waals surface area contributed by atoms with E-state index in [1.54, 1.807) is 0 Å². The van der Waals surface area contributed by atoms with Crippen LogP contribution in [0.25, 0.3) is 11.0 Å². The highest BCUT2D eigenvalue weighted by atomic mass is 16.5. The first kappa shape index (κ1) is 18.9. The second-order valence-corrected chi connectivity index (χ2v) is 8.95. The number of aliphatic hydroxyl groups is 1. The lowest BCUT2D eigenvalue weighted by molar-refractivity contribution is -0.171. The number of nitrogens with zero attached hydrogens (tertiary/aromatic N) is 1. The van der Waals surface area contributed by atoms with E-state index in [0.717, 1.165) is 42.7 Å². The van der Waals surface area contributed by atoms with Gasteiger partial charge in [-0.2, -0.15) is 0 Å². The van der Waals surface area contributed by atoms with Crippen LogP contribution in [-0.4, -0.2) is 37.3 Å². The highest BCUT2D eigenvalue weighted by molar-refractivity contribution is 5.82. The first-order chi connectivity index (χ1) is 14.0. The first-order valence-corrected chi connectivity index (χ1v) is 10.6. The normalized spacial score (nSPS) is 29.4. The van der Waals surface area contributed by atoms with Gasteiger partial charge in [0.25, 0.3) is 0 Å². The summed E-state index contributed by atoms with van der Waals surface area (Å²) in [5.41, 5.74) is 1.93. The van der Waals surface area contributed by atoms with Crippen molar-refractivity contribution in [3.63, 3.8) is 0 Å². The monoisotopic (exact) mass is 391 g/mol. The minimum Gasteiger partial charge on any atom is -0.458 e. The van der Waals surface area contributed by atoms with Crippen LogP contribution < -0.4 is 0 Å². The molecule has 2 heterocycles. The number of furan rings is 1. The summed E-state index contributed by atoms with van der Waals surface area (Å²) in [5.74, 6) is 1.04. The molecule has 1 aromatic heterocycles. The number of benzene rings is 2. The molecule has 4 heteroatoms. The van der Waals surface area contributed by atoms with Crippen LogP contribution in [0, 0.1) is 5.92 Å². The van der Waals surface area contributed by atoms with Crippen LogP contribution >= 0.6 is 0 Å². The van der Waals surface area contributed by atoms with E-state index in [0.29, 0.717) is 13.0 Å². The van der Waals surface area contributed by atoms with E-state index in [4.69, 9.17) is 9.15 Å². The van der Waals surface area contributed by atoms with Gasteiger partial charge in [0.2, 0.25) is 0 Å². The number of hydrogen-bond donors (Lipinski definition) is 1. The van der Waals surface area contributed by atoms with Crippen LogP contribution in [0.3, 0.4) is 0 Å². The van der Waals surface area contributed by atoms with Gasteiger partial charge in [0.15, 0.2) is 0 Å². The van der Waals surface area contributed by atoms with Crippen molar-refractivity contribution < 1.29 is 14.3 Å². The van der Waals surface area contributed by atoms with Gasteiger partial charge in [0, 0.05) is 23.4 Å². The molecule has 0 amide bonds. The Morgan fingerprint density at radius 1 is 1.03 bits per heavy atom. The highest BCUT2D eigenvalue weighted by Crippen LogP contribution is 2.54. The van der Waals surface area contributed by atoms with E-state index in [2.05, 4.69) is 43.3 Å². The molecule has 1 N–H and O–H groups in total. The lowest BCUT2D eigenvalue weighted by Gasteiger charge is -2.50. The van der Waals surface area contributed by atoms with Crippen LogP contribution in [0.4, 0.5) is 0 Å². The van der Waals surface area contributed by atoms with Crippen molar-refractivity contribution in [3.8, 4) is 0 Å². The summed E-state index contributed by atoms with van der Waals surface area (Å²) in [7, 11) is 4.14. The van der Waals surface area contributed by atoms with Gasteiger partial charge in [-0.1, -0.05) is 48.5 Å². The largest absolute Gasteiger partial charge is 0.458 e. The number of para-hydroxylation sites is 1. The maximum Gasteiger partial charge on any atom is 0.140 e. The molecule has 2 aliphatic rings. The summed E-state index contributed by atoms with van der Waals surface area (Å²) in [6.45, 7) is 1.50. The minimum absolute atomic E-state index is 0.0489. The standard InChI is InChI=1S/C25H29NO3/c1-26(2)17-19-16-24(13-14-25(19,27)18-8-4-3-5-9-18)23-21(12-15-28-24)20-10-6-7-11-22(20)29-23/h3-11,19,27H,12-17H2,1-2H3. The molecule has 29 heavy (non-hydrogen) atoms. The molecule has 5 rings (SSSR count). The second kappa shape index (κ2) is 6.98. The Morgan fingerprint density at radius 3 is 2.59 bits per heavy atom. The van der Waals surface area contributed by atoms with E-state index in [1.807, 2.05) is 30.3 Å². The zero-order valence-electron chi connectivity index (χ0n) is 17.2. The highest BCUT2D eigenvalue weighted by Gasteiger charge is 2.54. The molecule has 1 spiro atoms. The maximum absolute atomic E-state index is 11.8. The summed E-state index contributed by atoms with van der Waals surface area (Å²) in [5, 5.41) is 13.0. The number of rotatable bonds is 3. The lowest BCUT2D eigenvalue weighted by Crippen LogP contribution is -2.51. The molecule has 3 atom stereocenters. The lowest BCUT2D eigenvalue weighted by atomic mass is 9.64. The Morgan fingerprint density at radius 2 is 1.79 bits per heavy atom. The Labute approximate surface area is 172 Å². The molecular weight excluding hydrogens is 362 g/mol. The molecule has 3 unspecified atom stereocenters. The van der Waals surface area contributed by atoms with Crippen LogP contribution in [-0.2, 0) is 22.4 Å². The molecule has 1 saturated carbocycles. The summed E-state index contributed by atoms with van der Waals surface area (Å²) >= 11 is 0. The van der Waals surface area contributed by atoms with Crippen molar-refractivity contribution >= 4 is 11.0 Å². The molecule has 152 valence electrons. The van der Waals surface area contributed by atoms with Gasteiger partial charge >= 0.3 is 0 Å². The number of fused-ring (bicyclic) bond motifs is 4. The topological polar surface area (TPSA) is 45.8 Å². The molecule has 0 saturated heterocycles. The first-order valence-electron chi connectivity index (χ1n) is 10.6. The Balaban J connectivity index is 1.58. The van der Waals surface area contributed by atoms with E-state index in [1.165, 1.54) is 10.9 Å². The summed E-state index contributed by atoms with van der Waals surface area (Å²) < 4.78 is 12.9. The molecule has 1 fully saturated rings. The van der Waals surface area contributed by atoms with Gasteiger partial charge in [-0.25, -0.2) is 0 Å². The van der Waals surface area contributed by atoms with E-state index < -0.39 is 11.2 Å². The average Bonchev–Trinajstić information content (AvgIpc) is 3.12. The van der Waals surface area contributed by atoms with E-state index in [9.17, 15) is 5.11 Å². The Kier molecular flexibility index (Phi) is 4.54. The van der Waals surface area contributed by atoms with Gasteiger partial charge in [-0.15, -0.1) is 0 Å². The SMILES string of the molecule is CN(C)CC1CC2(CCC1(O)c1ccccc1)OCCc1c2oc2ccccc12. The van der Waals surface area contributed by atoms with Gasteiger partial charge in [-0.05, 0) is 51.4 Å². The summed E-state index contributed by atoms with van der Waals surface area (Å²) in [6, 6.07) is 18.4. The predicted octanol–water partition coefficient (Wildman–Crippen LogP) is 4.45. The van der Waals surface area contributed by atoms with Gasteiger partial charge < -0.3 is 19.2 Å². The second-order valence-electron chi connectivity index (χ2n) is 8.95. The maximum atomic E-state index is 11.8. The van der Waals surface area contributed by atoms with Crippen molar-refractivity contribution in [2.24, 2.45) is 5.92 Å². The van der Waals surface area contributed by atoms with Gasteiger partial charge in [0.1, 0.15) is 16.9 Å². The van der Waals surface area contributed by atoms with Crippen LogP contribution in [0.2, 0.25) is 0 Å². The quantitative estimate of drug-likeness (QED) is 0.716. The molecule has 0 bridgehead atoms. The third-order valence-corrected chi connectivity index (χ3v) is 6.86. The molecule has 1 aliphatic carbocycles. The third kappa shape index (κ3) is 3.02. The third-order valence-electron chi connectivity index (χ3n) is 6.86. The Bertz CT molecular complexity index is 1010. The van der Waals surface area contributed by atoms with Crippen molar-refractivity contribution in [2.75, 3.05) is 27.2 Å². The zero-order valence-corrected chi connectivity index (χ0v) is 17.2. The van der Waals surface area contributed by atoms with Crippen molar-refractivity contribution in [1.29, 1.82) is 0 Å². The fraction of sp³-hybridized carbons (Fsp3) is 0.440. The molecular formula is C25H29NO3. The summed E-state index contributed by atoms with van der Waals surface area (Å²) in [6.07, 6.45) is 3.06. The molecule has 1 aliphatic heterocycles. The van der Waals surface area contributed by atoms with Crippen molar-refractivity contribution in [1.82, 2.24) is 4.90 Å². The molecule has 0 radical (unpaired) electrons. The number of ether oxygens (including phenoxy) is 1. The summed E-state index contributed by atoms with van der Waals surface area (Å²) in [4.78, 5) is 2.17. The smallest absolute Gasteiger partial charge is 0.140 e. The number of hydrogen-bond acceptors (Lipinski definition) is 4. The van der Waals surface area contributed by atoms with Crippen molar-refractivity contribution in [2.45, 2.75) is 36.9 Å². The van der Waals surface area contributed by atoms with Gasteiger partial charge in [0.05, 0.1) is 12.2 Å². The molecule has 4 nitrogen and oxygen atoms in total. The van der Waals surface area contributed by atoms with Crippen LogP contribution in [0.5, 0.6) is 0 Å². The van der Waals surface area contributed by atoms with Gasteiger partial charge in [-0.3, -0.25) is 0 Å². The molecule has 3 aromatic rings. The van der Waals surface area contributed by atoms with E-state index >= 15 is 0 Å². The van der Waals surface area contributed by atoms with E-state index in [-0.39, 0.29) is 5.92 Å². The minimum atomic E-state index is -0.857. The molecule has 2 aromatic carbocycles. The van der Waals surface area contributed by atoms with Crippen molar-refractivity contribution in [3.05, 3.63) is 71.5 Å². The Hall–Kier alpha value is -2.14. The fourth-order valence-electron chi connectivity index (χ4n) is 5.50. The zero-order chi connectivity index (χ0) is 20.1. The average molecular weight is 392 g/mol. The predicted molar refractivity (Wildman–Crippen MR) is 114 cm³/mol. The fourth-order valence-corrected chi connectivity index (χ4v) is 5.50. The van der Waals surface area contributed by atoms with Crippen LogP contribution in [0.15, 0.2) is 59.0 Å². The van der Waals surface area contributed by atoms with Crippen LogP contribution in [0.1, 0.15) is 36.1 Å².